The molecule has 1 unspecified atom stereocenters. The molecule has 34 heavy (non-hydrogen) atoms. The fourth-order valence-electron chi connectivity index (χ4n) is 5.06. The molecule has 2 aliphatic heterocycles. The first-order chi connectivity index (χ1) is 16.1. The Labute approximate surface area is 200 Å². The number of nitrogens with zero attached hydrogens (tertiary/aromatic N) is 2. The maximum absolute atomic E-state index is 12.9. The molecule has 4 amide bonds. The van der Waals surface area contributed by atoms with E-state index in [1.165, 1.54) is 11.3 Å². The molecule has 4 rings (SSSR count). The topological polar surface area (TPSA) is 81.8 Å². The minimum Gasteiger partial charge on any atom is -0.366 e. The van der Waals surface area contributed by atoms with Crippen molar-refractivity contribution in [1.29, 1.82) is 0 Å². The summed E-state index contributed by atoms with van der Waals surface area (Å²) in [5, 5.41) is 5.33. The molecule has 0 aromatic heterocycles. The van der Waals surface area contributed by atoms with E-state index in [0.717, 1.165) is 29.0 Å². The molecule has 0 bridgehead atoms. The number of imide groups is 1. The number of aryl methyl sites for hydroxylation is 1. The van der Waals surface area contributed by atoms with Crippen LogP contribution in [0.15, 0.2) is 48.2 Å². The number of rotatable bonds is 5. The zero-order valence-electron chi connectivity index (χ0n) is 20.4. The first kappa shape index (κ1) is 23.5. The smallest absolute Gasteiger partial charge is 0.329 e. The van der Waals surface area contributed by atoms with Crippen LogP contribution in [-0.2, 0) is 9.59 Å². The average molecular weight is 461 g/mol. The summed E-state index contributed by atoms with van der Waals surface area (Å²) in [6, 6.07) is 12.9. The third kappa shape index (κ3) is 4.55. The number of anilines is 2. The molecule has 0 saturated carbocycles. The fraction of sp³-hybridized carbons (Fsp3) is 0.370. The van der Waals surface area contributed by atoms with Crippen LogP contribution in [0.25, 0.3) is 6.08 Å². The van der Waals surface area contributed by atoms with Gasteiger partial charge in [-0.05, 0) is 81.5 Å². The highest BCUT2D eigenvalue weighted by Gasteiger charge is 2.37. The number of hydrogen-bond acceptors (Lipinski definition) is 4. The third-order valence-electron chi connectivity index (χ3n) is 6.64. The molecule has 0 radical (unpaired) electrons. The molecule has 2 aliphatic rings. The van der Waals surface area contributed by atoms with Crippen LogP contribution < -0.4 is 15.5 Å². The van der Waals surface area contributed by atoms with Crippen LogP contribution in [-0.4, -0.2) is 41.4 Å². The van der Waals surface area contributed by atoms with Gasteiger partial charge in [-0.1, -0.05) is 30.7 Å². The zero-order valence-corrected chi connectivity index (χ0v) is 20.4. The van der Waals surface area contributed by atoms with Crippen molar-refractivity contribution in [2.75, 3.05) is 23.3 Å². The number of carbonyl (C=O) groups excluding carboxylic acids is 3. The van der Waals surface area contributed by atoms with Gasteiger partial charge in [-0.2, -0.15) is 0 Å². The van der Waals surface area contributed by atoms with E-state index in [9.17, 15) is 14.4 Å². The van der Waals surface area contributed by atoms with Crippen LogP contribution >= 0.6 is 0 Å². The van der Waals surface area contributed by atoms with Crippen LogP contribution in [0, 0.1) is 6.92 Å². The molecule has 7 heteroatoms. The number of nitrogens with one attached hydrogen (secondary N) is 2. The van der Waals surface area contributed by atoms with Gasteiger partial charge in [-0.25, -0.2) is 9.69 Å². The van der Waals surface area contributed by atoms with Gasteiger partial charge in [0.25, 0.3) is 5.91 Å². The van der Waals surface area contributed by atoms with Gasteiger partial charge in [-0.15, -0.1) is 0 Å². The number of amides is 4. The van der Waals surface area contributed by atoms with E-state index in [-0.39, 0.29) is 17.8 Å². The van der Waals surface area contributed by atoms with Gasteiger partial charge in [0.05, 0.1) is 0 Å². The molecule has 2 aromatic carbocycles. The average Bonchev–Trinajstić information content (AvgIpc) is 3.02. The van der Waals surface area contributed by atoms with Crippen LogP contribution in [0.2, 0.25) is 0 Å². The molecule has 1 atom stereocenters. The molecule has 1 saturated heterocycles. The summed E-state index contributed by atoms with van der Waals surface area (Å²) in [4.78, 5) is 41.0. The number of hydrogen-bond donors (Lipinski definition) is 2. The molecule has 0 aliphatic carbocycles. The van der Waals surface area contributed by atoms with Crippen molar-refractivity contribution in [3.8, 4) is 0 Å². The van der Waals surface area contributed by atoms with Gasteiger partial charge in [0.1, 0.15) is 12.2 Å². The monoisotopic (exact) mass is 460 g/mol. The third-order valence-corrected chi connectivity index (χ3v) is 6.64. The summed E-state index contributed by atoms with van der Waals surface area (Å²) in [6.07, 6.45) is 2.72. The second-order valence-electron chi connectivity index (χ2n) is 9.77. The van der Waals surface area contributed by atoms with Gasteiger partial charge in [0.15, 0.2) is 0 Å². The van der Waals surface area contributed by atoms with Crippen molar-refractivity contribution in [1.82, 2.24) is 10.2 Å². The van der Waals surface area contributed by atoms with E-state index in [2.05, 4.69) is 55.4 Å². The van der Waals surface area contributed by atoms with E-state index in [0.29, 0.717) is 11.6 Å². The Morgan fingerprint density at radius 3 is 2.56 bits per heavy atom. The van der Waals surface area contributed by atoms with Gasteiger partial charge in [0.2, 0.25) is 5.91 Å². The minimum atomic E-state index is -0.597. The van der Waals surface area contributed by atoms with Gasteiger partial charge < -0.3 is 15.5 Å². The molecular formula is C27H32N4O3. The van der Waals surface area contributed by atoms with Crippen molar-refractivity contribution >= 4 is 35.3 Å². The quantitative estimate of drug-likeness (QED) is 0.503. The molecule has 2 N–H and O–H groups in total. The molecular weight excluding hydrogens is 428 g/mol. The molecule has 0 spiro atoms. The minimum absolute atomic E-state index is 0.0796. The summed E-state index contributed by atoms with van der Waals surface area (Å²) in [6.45, 7) is 11.4. The first-order valence-electron chi connectivity index (χ1n) is 11.7. The van der Waals surface area contributed by atoms with Crippen LogP contribution in [0.5, 0.6) is 0 Å². The summed E-state index contributed by atoms with van der Waals surface area (Å²) in [7, 11) is 0. The van der Waals surface area contributed by atoms with E-state index < -0.39 is 17.8 Å². The van der Waals surface area contributed by atoms with Crippen molar-refractivity contribution in [2.24, 2.45) is 0 Å². The summed E-state index contributed by atoms with van der Waals surface area (Å²) < 4.78 is 0. The van der Waals surface area contributed by atoms with Crippen molar-refractivity contribution in [3.63, 3.8) is 0 Å². The number of carbonyl (C=O) groups is 3. The Morgan fingerprint density at radius 2 is 1.88 bits per heavy atom. The van der Waals surface area contributed by atoms with Crippen molar-refractivity contribution < 1.29 is 14.4 Å². The van der Waals surface area contributed by atoms with Gasteiger partial charge in [0, 0.05) is 23.5 Å². The lowest BCUT2D eigenvalue weighted by Gasteiger charge is -2.47. The normalized spacial score (nSPS) is 20.4. The van der Waals surface area contributed by atoms with E-state index in [4.69, 9.17) is 0 Å². The van der Waals surface area contributed by atoms with Crippen LogP contribution in [0.1, 0.15) is 56.7 Å². The highest BCUT2D eigenvalue weighted by atomic mass is 16.2. The van der Waals surface area contributed by atoms with E-state index >= 15 is 0 Å². The molecule has 7 nitrogen and oxygen atoms in total. The summed E-state index contributed by atoms with van der Waals surface area (Å²) in [5.41, 5.74) is 5.23. The van der Waals surface area contributed by atoms with Crippen molar-refractivity contribution in [3.05, 3.63) is 64.9 Å². The second kappa shape index (κ2) is 8.97. The predicted molar refractivity (Wildman–Crippen MR) is 135 cm³/mol. The number of urea groups is 1. The Kier molecular flexibility index (Phi) is 6.21. The Bertz CT molecular complexity index is 1170. The Hall–Kier alpha value is -3.61. The molecule has 1 fully saturated rings. The molecule has 178 valence electrons. The van der Waals surface area contributed by atoms with E-state index in [1.807, 2.05) is 25.1 Å². The lowest BCUT2D eigenvalue weighted by Crippen LogP contribution is -2.48. The summed E-state index contributed by atoms with van der Waals surface area (Å²) in [5.74, 6) is -0.563. The van der Waals surface area contributed by atoms with Gasteiger partial charge >= 0.3 is 6.03 Å². The highest BCUT2D eigenvalue weighted by molar-refractivity contribution is 6.16. The lowest BCUT2D eigenvalue weighted by molar-refractivity contribution is -0.127. The SMILES string of the molecule is CCN1c2ccc(/C=C3/NC(=O)N(CC(=O)Nc4ccc(C)cc4)C3=O)cc2C(C)CC1(C)C. The molecule has 2 aromatic rings. The van der Waals surface area contributed by atoms with Gasteiger partial charge in [-0.3, -0.25) is 9.59 Å². The molecule has 2 heterocycles. The second-order valence-corrected chi connectivity index (χ2v) is 9.77. The Balaban J connectivity index is 1.50. The zero-order chi connectivity index (χ0) is 24.6. The fourth-order valence-corrected chi connectivity index (χ4v) is 5.06. The first-order valence-corrected chi connectivity index (χ1v) is 11.7. The van der Waals surface area contributed by atoms with E-state index in [1.54, 1.807) is 18.2 Å². The maximum Gasteiger partial charge on any atom is 0.329 e. The predicted octanol–water partition coefficient (Wildman–Crippen LogP) is 4.64. The van der Waals surface area contributed by atoms with Crippen LogP contribution in [0.3, 0.4) is 0 Å². The number of benzene rings is 2. The van der Waals surface area contributed by atoms with Crippen molar-refractivity contribution in [2.45, 2.75) is 52.5 Å². The standard InChI is InChI=1S/C27H32N4O3/c1-6-31-23-12-9-19(13-21(23)18(3)15-27(31,4)5)14-22-25(33)30(26(34)29-22)16-24(32)28-20-10-7-17(2)8-11-20/h7-14,18H,6,15-16H2,1-5H3,(H,28,32)(H,29,34)/b22-14+. The summed E-state index contributed by atoms with van der Waals surface area (Å²) >= 11 is 0. The highest BCUT2D eigenvalue weighted by Crippen LogP contribution is 2.43. The van der Waals surface area contributed by atoms with Crippen LogP contribution in [0.4, 0.5) is 16.2 Å². The maximum atomic E-state index is 12.9. The number of fused-ring (bicyclic) bond motifs is 1. The largest absolute Gasteiger partial charge is 0.366 e. The lowest BCUT2D eigenvalue weighted by atomic mass is 9.79. The Morgan fingerprint density at radius 1 is 1.18 bits per heavy atom.